The Bertz CT molecular complexity index is 451. The number of hydrogen-bond donors (Lipinski definition) is 0. The summed E-state index contributed by atoms with van der Waals surface area (Å²) in [6, 6.07) is 7.34. The second-order valence-corrected chi connectivity index (χ2v) is 2.47. The van der Waals surface area contributed by atoms with Gasteiger partial charge in [-0.1, -0.05) is 12.1 Å². The molecule has 3 nitrogen and oxygen atoms in total. The Kier molecular flexibility index (Phi) is 1.45. The molecule has 0 aliphatic rings. The third-order valence-electron chi connectivity index (χ3n) is 1.77. The average Bonchev–Trinajstić information content (AvgIpc) is 2.17. The highest BCUT2D eigenvalue weighted by Crippen LogP contribution is 2.24. The minimum absolute atomic E-state index is 0.579. The zero-order chi connectivity index (χ0) is 8.39. The van der Waals surface area contributed by atoms with Crippen molar-refractivity contribution in [1.82, 2.24) is 4.98 Å². The average molecular weight is 156 g/mol. The molecule has 2 aromatic rings. The number of rotatable bonds is 0. The topological polar surface area (TPSA) is 41.0 Å². The van der Waals surface area contributed by atoms with E-state index in [0.717, 1.165) is 10.8 Å². The molecule has 1 heterocycles. The van der Waals surface area contributed by atoms with Gasteiger partial charge in [-0.05, 0) is 6.07 Å². The van der Waals surface area contributed by atoms with E-state index in [9.17, 15) is 0 Å². The van der Waals surface area contributed by atoms with Gasteiger partial charge in [-0.25, -0.2) is 0 Å². The van der Waals surface area contributed by atoms with Crippen LogP contribution in [0.3, 0.4) is 0 Å². The van der Waals surface area contributed by atoms with E-state index < -0.39 is 0 Å². The maximum Gasteiger partial charge on any atom is 0.392 e. The van der Waals surface area contributed by atoms with Crippen molar-refractivity contribution in [2.75, 3.05) is 0 Å². The number of diazo groups is 1. The Morgan fingerprint density at radius 1 is 1.25 bits per heavy atom. The summed E-state index contributed by atoms with van der Waals surface area (Å²) in [7, 11) is 0. The maximum atomic E-state index is 8.64. The molecule has 0 saturated carbocycles. The summed E-state index contributed by atoms with van der Waals surface area (Å²) < 4.78 is 0. The van der Waals surface area contributed by atoms with Crippen LogP contribution in [0.1, 0.15) is 0 Å². The third-order valence-corrected chi connectivity index (χ3v) is 1.77. The largest absolute Gasteiger partial charge is 0.392 e. The van der Waals surface area contributed by atoms with Gasteiger partial charge in [0.1, 0.15) is 0 Å². The molecule has 0 spiro atoms. The Morgan fingerprint density at radius 2 is 2.17 bits per heavy atom. The zero-order valence-electron chi connectivity index (χ0n) is 6.31. The number of pyridine rings is 1. The number of aromatic nitrogens is 1. The normalized spacial score (nSPS) is 9.58. The highest BCUT2D eigenvalue weighted by molar-refractivity contribution is 5.93. The van der Waals surface area contributed by atoms with E-state index in [1.807, 2.05) is 18.2 Å². The molecule has 0 bridgehead atoms. The fourth-order valence-corrected chi connectivity index (χ4v) is 1.19. The van der Waals surface area contributed by atoms with Crippen LogP contribution in [-0.2, 0) is 0 Å². The van der Waals surface area contributed by atoms with E-state index >= 15 is 0 Å². The third kappa shape index (κ3) is 0.903. The number of benzene rings is 1. The van der Waals surface area contributed by atoms with Crippen LogP contribution in [0.2, 0.25) is 0 Å². The van der Waals surface area contributed by atoms with Gasteiger partial charge in [0.05, 0.1) is 5.39 Å². The van der Waals surface area contributed by atoms with E-state index in [2.05, 4.69) is 9.96 Å². The van der Waals surface area contributed by atoms with E-state index in [-0.39, 0.29) is 0 Å². The molecule has 3 heteroatoms. The van der Waals surface area contributed by atoms with Gasteiger partial charge in [-0.15, -0.1) is 0 Å². The van der Waals surface area contributed by atoms with Crippen LogP contribution >= 0.6 is 0 Å². The van der Waals surface area contributed by atoms with Crippen molar-refractivity contribution < 1.29 is 0 Å². The predicted molar refractivity (Wildman–Crippen MR) is 46.5 cm³/mol. The first-order valence-corrected chi connectivity index (χ1v) is 3.59. The van der Waals surface area contributed by atoms with Crippen LogP contribution < -0.4 is 0 Å². The van der Waals surface area contributed by atoms with Crippen LogP contribution in [0.5, 0.6) is 0 Å². The molecule has 0 amide bonds. The molecule has 0 unspecified atom stereocenters. The van der Waals surface area contributed by atoms with E-state index in [1.165, 1.54) is 0 Å². The Labute approximate surface area is 69.3 Å². The Balaban J connectivity index is 2.91. The van der Waals surface area contributed by atoms with Crippen molar-refractivity contribution in [3.8, 4) is 0 Å². The molecule has 12 heavy (non-hydrogen) atoms. The summed E-state index contributed by atoms with van der Waals surface area (Å²) in [6.07, 6.45) is 3.42. The summed E-state index contributed by atoms with van der Waals surface area (Å²) in [5, 5.41) is 10.5. The van der Waals surface area contributed by atoms with E-state index in [1.54, 1.807) is 18.5 Å². The summed E-state index contributed by atoms with van der Waals surface area (Å²) in [6.45, 7) is 0. The van der Waals surface area contributed by atoms with Gasteiger partial charge < -0.3 is 0 Å². The minimum atomic E-state index is 0.579. The molecule has 0 atom stereocenters. The predicted octanol–water partition coefficient (Wildman–Crippen LogP) is 2.72. The molecule has 0 aliphatic heterocycles. The Morgan fingerprint density at radius 3 is 3.00 bits per heavy atom. The lowest BCUT2D eigenvalue weighted by atomic mass is 10.1. The highest BCUT2D eigenvalue weighted by atomic mass is 14.8. The zero-order valence-corrected chi connectivity index (χ0v) is 6.31. The molecule has 1 aromatic carbocycles. The van der Waals surface area contributed by atoms with Crippen molar-refractivity contribution in [2.45, 2.75) is 0 Å². The summed E-state index contributed by atoms with van der Waals surface area (Å²) in [5.41, 5.74) is 0.579. The number of nitrogens with zero attached hydrogens (tertiary/aromatic N) is 3. The monoisotopic (exact) mass is 156 g/mol. The van der Waals surface area contributed by atoms with Crippen molar-refractivity contribution in [2.24, 2.45) is 0 Å². The molecule has 0 saturated heterocycles. The van der Waals surface area contributed by atoms with E-state index in [4.69, 9.17) is 5.39 Å². The molecular weight excluding hydrogens is 150 g/mol. The summed E-state index contributed by atoms with van der Waals surface area (Å²) in [5.74, 6) is 0. The molecule has 56 valence electrons. The van der Waals surface area contributed by atoms with Gasteiger partial charge in [-0.2, -0.15) is 0 Å². The first-order valence-electron chi connectivity index (χ1n) is 3.59. The van der Waals surface area contributed by atoms with E-state index in [0.29, 0.717) is 5.69 Å². The summed E-state index contributed by atoms with van der Waals surface area (Å²) >= 11 is 0. The van der Waals surface area contributed by atoms with Crippen LogP contribution in [0, 0.1) is 5.39 Å². The molecule has 0 aliphatic carbocycles. The van der Waals surface area contributed by atoms with Crippen LogP contribution in [0.15, 0.2) is 36.7 Å². The van der Waals surface area contributed by atoms with Gasteiger partial charge in [0.2, 0.25) is 5.39 Å². The van der Waals surface area contributed by atoms with Crippen molar-refractivity contribution in [3.05, 3.63) is 41.6 Å². The number of hydrogen-bond acceptors (Lipinski definition) is 2. The first-order chi connectivity index (χ1) is 5.92. The number of fused-ring (bicyclic) bond motifs is 1. The highest BCUT2D eigenvalue weighted by Gasteiger charge is 2.08. The quantitative estimate of drug-likeness (QED) is 0.550. The molecule has 1 aromatic heterocycles. The second kappa shape index (κ2) is 2.59. The van der Waals surface area contributed by atoms with Gasteiger partial charge in [0, 0.05) is 23.8 Å². The lowest BCUT2D eigenvalue weighted by Crippen LogP contribution is -1.73. The maximum absolute atomic E-state index is 8.64. The van der Waals surface area contributed by atoms with Crippen LogP contribution in [0.4, 0.5) is 5.69 Å². The van der Waals surface area contributed by atoms with Crippen LogP contribution in [-0.4, -0.2) is 4.98 Å². The lowest BCUT2D eigenvalue weighted by Gasteiger charge is -1.89. The first kappa shape index (κ1) is 6.74. The van der Waals surface area contributed by atoms with Gasteiger partial charge in [0.15, 0.2) is 4.98 Å². The Hall–Kier alpha value is -1.95. The molecule has 0 fully saturated rings. The standard InChI is InChI=1S/C9H6N3/c10-12-9-3-1-2-7-6-11-5-4-8(7)9/h1-6H/q+1. The van der Waals surface area contributed by atoms with Gasteiger partial charge >= 0.3 is 5.69 Å². The van der Waals surface area contributed by atoms with Gasteiger partial charge in [0.25, 0.3) is 0 Å². The van der Waals surface area contributed by atoms with Crippen molar-refractivity contribution in [3.63, 3.8) is 0 Å². The van der Waals surface area contributed by atoms with Crippen molar-refractivity contribution >= 4 is 16.5 Å². The molecular formula is C9H6N3+. The summed E-state index contributed by atoms with van der Waals surface area (Å²) in [4.78, 5) is 7.14. The second-order valence-electron chi connectivity index (χ2n) is 2.47. The molecule has 2 rings (SSSR count). The van der Waals surface area contributed by atoms with Crippen molar-refractivity contribution in [1.29, 1.82) is 5.39 Å². The smallest absolute Gasteiger partial charge is 0.264 e. The van der Waals surface area contributed by atoms with Crippen LogP contribution in [0.25, 0.3) is 15.7 Å². The SMILES string of the molecule is N#[N+]c1cccc2cnccc12. The fourth-order valence-electron chi connectivity index (χ4n) is 1.19. The lowest BCUT2D eigenvalue weighted by molar-refractivity contribution is 1.36. The van der Waals surface area contributed by atoms with Gasteiger partial charge in [-0.3, -0.25) is 4.98 Å². The minimum Gasteiger partial charge on any atom is -0.264 e. The molecule has 0 radical (unpaired) electrons. The molecule has 0 N–H and O–H groups in total. The fraction of sp³-hybridized carbons (Fsp3) is 0.